The lowest BCUT2D eigenvalue weighted by Crippen LogP contribution is -2.57. The normalized spacial score (nSPS) is 26.2. The molecule has 3 saturated heterocycles. The Labute approximate surface area is 172 Å². The van der Waals surface area contributed by atoms with Crippen LogP contribution in [-0.4, -0.2) is 53.6 Å². The molecule has 0 amide bonds. The number of rotatable bonds is 6. The van der Waals surface area contributed by atoms with Crippen LogP contribution in [0.3, 0.4) is 0 Å². The quantitative estimate of drug-likeness (QED) is 0.264. The van der Waals surface area contributed by atoms with Gasteiger partial charge in [-0.25, -0.2) is 0 Å². The van der Waals surface area contributed by atoms with Gasteiger partial charge in [-0.15, -0.1) is 6.58 Å². The zero-order valence-corrected chi connectivity index (χ0v) is 17.2. The Bertz CT molecular complexity index is 840. The minimum atomic E-state index is -0.843. The zero-order chi connectivity index (χ0) is 21.0. The van der Waals surface area contributed by atoms with Crippen molar-refractivity contribution >= 4 is 11.8 Å². The van der Waals surface area contributed by atoms with E-state index in [4.69, 9.17) is 4.74 Å². The summed E-state index contributed by atoms with van der Waals surface area (Å²) >= 11 is 0. The van der Waals surface area contributed by atoms with Crippen molar-refractivity contribution in [3.05, 3.63) is 47.5 Å². The van der Waals surface area contributed by atoms with Gasteiger partial charge in [0.1, 0.15) is 5.92 Å². The predicted octanol–water partition coefficient (Wildman–Crippen LogP) is 2.60. The van der Waals surface area contributed by atoms with Crippen LogP contribution < -0.4 is 0 Å². The Kier molecular flexibility index (Phi) is 6.89. The van der Waals surface area contributed by atoms with Gasteiger partial charge in [-0.3, -0.25) is 14.5 Å². The van der Waals surface area contributed by atoms with E-state index in [-0.39, 0.29) is 18.4 Å². The summed E-state index contributed by atoms with van der Waals surface area (Å²) in [6.07, 6.45) is 4.01. The van der Waals surface area contributed by atoms with Crippen LogP contribution >= 0.6 is 0 Å². The molecule has 3 unspecified atom stereocenters. The van der Waals surface area contributed by atoms with Crippen molar-refractivity contribution in [1.82, 2.24) is 4.90 Å². The number of carbonyl (C=O) groups excluding carboxylic acids is 2. The van der Waals surface area contributed by atoms with E-state index in [0.29, 0.717) is 17.9 Å². The molecule has 4 rings (SSSR count). The molecule has 2 bridgehead atoms. The first-order valence-electron chi connectivity index (χ1n) is 10.3. The van der Waals surface area contributed by atoms with Gasteiger partial charge in [0.25, 0.3) is 0 Å². The Morgan fingerprint density at radius 2 is 2.10 bits per heavy atom. The molecule has 1 aromatic carbocycles. The van der Waals surface area contributed by atoms with Crippen molar-refractivity contribution in [2.45, 2.75) is 45.3 Å². The largest absolute Gasteiger partial charge is 0.465 e. The molecule has 5 heteroatoms. The molecule has 0 spiro atoms. The molecule has 0 aromatic heterocycles. The molecule has 3 heterocycles. The number of hydrogen-bond acceptors (Lipinski definition) is 5. The number of ketones is 1. The topological polar surface area (TPSA) is 66.8 Å². The van der Waals surface area contributed by atoms with Crippen LogP contribution in [0, 0.1) is 23.7 Å². The highest BCUT2D eigenvalue weighted by Crippen LogP contribution is 2.32. The maximum Gasteiger partial charge on any atom is 0.316 e. The van der Waals surface area contributed by atoms with E-state index < -0.39 is 18.0 Å². The number of benzene rings is 1. The Morgan fingerprint density at radius 1 is 1.38 bits per heavy atom. The number of piperidine rings is 3. The Balaban J connectivity index is 1.83. The van der Waals surface area contributed by atoms with Gasteiger partial charge in [0.05, 0.1) is 18.8 Å². The highest BCUT2D eigenvalue weighted by Gasteiger charge is 2.40. The number of aliphatic hydroxyl groups is 1. The van der Waals surface area contributed by atoms with Crippen LogP contribution in [-0.2, 0) is 16.0 Å². The van der Waals surface area contributed by atoms with Crippen molar-refractivity contribution in [1.29, 1.82) is 0 Å². The third kappa shape index (κ3) is 4.60. The van der Waals surface area contributed by atoms with E-state index in [9.17, 15) is 14.7 Å². The molecule has 3 aliphatic heterocycles. The molecule has 29 heavy (non-hydrogen) atoms. The summed E-state index contributed by atoms with van der Waals surface area (Å²) in [5, 5.41) is 10.5. The standard InChI is InChI=1S/C24H29NO4/c1-4-6-19-15-20(22(26)16(3)24(28)29-5-2)8-7-17(19)9-10-21-23(27)18-11-13-25(21)14-12-18/h4,7-8,15-16,18,21,23,27H,1,5-6,11-14H2,2-3H3. The molecule has 0 radical (unpaired) electrons. The SMILES string of the molecule is C=CCc1cc(C(=O)C(C)C(=O)OCC)ccc1C#CC1C(O)C2CCN1CC2. The van der Waals surface area contributed by atoms with Crippen molar-refractivity contribution < 1.29 is 19.4 Å². The second-order valence-electron chi connectivity index (χ2n) is 7.78. The first-order valence-corrected chi connectivity index (χ1v) is 10.3. The lowest BCUT2D eigenvalue weighted by Gasteiger charge is -2.46. The number of Topliss-reactive ketones (excluding diaryl/α,β-unsaturated/α-hetero) is 1. The van der Waals surface area contributed by atoms with Crippen LogP contribution in [0.1, 0.15) is 48.2 Å². The smallest absolute Gasteiger partial charge is 0.316 e. The summed E-state index contributed by atoms with van der Waals surface area (Å²) in [4.78, 5) is 26.8. The Morgan fingerprint density at radius 3 is 2.72 bits per heavy atom. The molecule has 3 atom stereocenters. The number of hydrogen-bond donors (Lipinski definition) is 1. The average Bonchev–Trinajstić information content (AvgIpc) is 2.74. The van der Waals surface area contributed by atoms with E-state index in [1.54, 1.807) is 32.1 Å². The van der Waals surface area contributed by atoms with Gasteiger partial charge >= 0.3 is 5.97 Å². The summed E-state index contributed by atoms with van der Waals surface area (Å²) in [7, 11) is 0. The summed E-state index contributed by atoms with van der Waals surface area (Å²) < 4.78 is 4.96. The fraction of sp³-hybridized carbons (Fsp3) is 0.500. The maximum absolute atomic E-state index is 12.7. The number of fused-ring (bicyclic) bond motifs is 3. The lowest BCUT2D eigenvalue weighted by atomic mass is 9.81. The number of ether oxygens (including phenoxy) is 1. The molecular formula is C24H29NO4. The summed E-state index contributed by atoms with van der Waals surface area (Å²) in [6.45, 7) is 9.30. The fourth-order valence-corrected chi connectivity index (χ4v) is 4.16. The molecule has 0 aliphatic carbocycles. The second-order valence-corrected chi connectivity index (χ2v) is 7.78. The van der Waals surface area contributed by atoms with E-state index in [1.165, 1.54) is 0 Å². The first kappa shape index (κ1) is 21.3. The van der Waals surface area contributed by atoms with Crippen molar-refractivity contribution in [2.75, 3.05) is 19.7 Å². The highest BCUT2D eigenvalue weighted by atomic mass is 16.5. The van der Waals surface area contributed by atoms with Crippen molar-refractivity contribution in [2.24, 2.45) is 11.8 Å². The summed E-state index contributed by atoms with van der Waals surface area (Å²) in [5.74, 6) is 5.20. The van der Waals surface area contributed by atoms with Crippen LogP contribution in [0.4, 0.5) is 0 Å². The summed E-state index contributed by atoms with van der Waals surface area (Å²) in [6, 6.07) is 5.18. The van der Waals surface area contributed by atoms with E-state index >= 15 is 0 Å². The van der Waals surface area contributed by atoms with E-state index in [2.05, 4.69) is 23.3 Å². The highest BCUT2D eigenvalue weighted by molar-refractivity contribution is 6.08. The molecular weight excluding hydrogens is 366 g/mol. The lowest BCUT2D eigenvalue weighted by molar-refractivity contribution is -0.145. The number of aliphatic hydroxyl groups excluding tert-OH is 1. The molecule has 3 fully saturated rings. The van der Waals surface area contributed by atoms with Crippen LogP contribution in [0.5, 0.6) is 0 Å². The van der Waals surface area contributed by atoms with E-state index in [0.717, 1.165) is 37.1 Å². The molecule has 1 aromatic rings. The minimum Gasteiger partial charge on any atom is -0.465 e. The Hall–Kier alpha value is -2.42. The fourth-order valence-electron chi connectivity index (χ4n) is 4.16. The monoisotopic (exact) mass is 395 g/mol. The molecule has 154 valence electrons. The number of carbonyl (C=O) groups is 2. The molecule has 5 nitrogen and oxygen atoms in total. The third-order valence-corrected chi connectivity index (χ3v) is 5.92. The van der Waals surface area contributed by atoms with Gasteiger partial charge in [0.2, 0.25) is 0 Å². The van der Waals surface area contributed by atoms with Crippen LogP contribution in [0.2, 0.25) is 0 Å². The van der Waals surface area contributed by atoms with Gasteiger partial charge in [0, 0.05) is 11.1 Å². The summed E-state index contributed by atoms with van der Waals surface area (Å²) in [5.41, 5.74) is 2.17. The van der Waals surface area contributed by atoms with Gasteiger partial charge in [-0.2, -0.15) is 0 Å². The van der Waals surface area contributed by atoms with Gasteiger partial charge in [-0.05, 0) is 69.8 Å². The van der Waals surface area contributed by atoms with E-state index in [1.807, 2.05) is 6.07 Å². The first-order chi connectivity index (χ1) is 14.0. The molecule has 3 aliphatic rings. The molecule has 0 saturated carbocycles. The van der Waals surface area contributed by atoms with Gasteiger partial charge in [0.15, 0.2) is 5.78 Å². The zero-order valence-electron chi connectivity index (χ0n) is 17.2. The predicted molar refractivity (Wildman–Crippen MR) is 111 cm³/mol. The van der Waals surface area contributed by atoms with Crippen molar-refractivity contribution in [3.63, 3.8) is 0 Å². The number of nitrogens with zero attached hydrogens (tertiary/aromatic N) is 1. The third-order valence-electron chi connectivity index (χ3n) is 5.92. The number of allylic oxidation sites excluding steroid dienone is 1. The minimum absolute atomic E-state index is 0.135. The van der Waals surface area contributed by atoms with Crippen molar-refractivity contribution in [3.8, 4) is 11.8 Å². The van der Waals surface area contributed by atoms with Crippen LogP contribution in [0.15, 0.2) is 30.9 Å². The molecule has 1 N–H and O–H groups in total. The second kappa shape index (κ2) is 9.39. The number of esters is 1. The van der Waals surface area contributed by atoms with Crippen LogP contribution in [0.25, 0.3) is 0 Å². The average molecular weight is 395 g/mol. The van der Waals surface area contributed by atoms with Gasteiger partial charge < -0.3 is 9.84 Å². The van der Waals surface area contributed by atoms with Gasteiger partial charge in [-0.1, -0.05) is 24.0 Å². The maximum atomic E-state index is 12.7.